The monoisotopic (exact) mass is 221 g/mol. The first-order chi connectivity index (χ1) is 7.58. The zero-order valence-corrected chi connectivity index (χ0v) is 8.58. The molecule has 4 heteroatoms. The van der Waals surface area contributed by atoms with Crippen molar-refractivity contribution in [2.45, 2.75) is 6.92 Å². The van der Waals surface area contributed by atoms with Crippen LogP contribution in [0.1, 0.15) is 5.56 Å². The summed E-state index contributed by atoms with van der Waals surface area (Å²) in [4.78, 5) is 11.5. The van der Waals surface area contributed by atoms with Gasteiger partial charge >= 0.3 is 0 Å². The molecule has 0 aliphatic heterocycles. The molecule has 0 aliphatic carbocycles. The molecule has 0 amide bonds. The van der Waals surface area contributed by atoms with Crippen molar-refractivity contribution in [2.24, 2.45) is 0 Å². The molecule has 0 unspecified atom stereocenters. The Balaban J connectivity index is 2.67. The minimum Gasteiger partial charge on any atom is -0.281 e. The van der Waals surface area contributed by atoms with E-state index in [1.54, 1.807) is 13.0 Å². The number of rotatable bonds is 1. The predicted molar refractivity (Wildman–Crippen MR) is 56.7 cm³/mol. The van der Waals surface area contributed by atoms with E-state index in [9.17, 15) is 13.6 Å². The number of nitrogens with zero attached hydrogens (tertiary/aromatic N) is 1. The third-order valence-electron chi connectivity index (χ3n) is 2.23. The van der Waals surface area contributed by atoms with Crippen molar-refractivity contribution in [3.05, 3.63) is 64.1 Å². The molecule has 82 valence electrons. The number of hydrogen-bond acceptors (Lipinski definition) is 1. The summed E-state index contributed by atoms with van der Waals surface area (Å²) in [7, 11) is 0. The highest BCUT2D eigenvalue weighted by molar-refractivity contribution is 5.34. The zero-order chi connectivity index (χ0) is 11.7. The first kappa shape index (κ1) is 10.5. The Kier molecular flexibility index (Phi) is 2.56. The fourth-order valence-electron chi connectivity index (χ4n) is 1.46. The van der Waals surface area contributed by atoms with Gasteiger partial charge in [0.1, 0.15) is 11.6 Å². The molecule has 0 bridgehead atoms. The van der Waals surface area contributed by atoms with Gasteiger partial charge in [-0.05, 0) is 24.6 Å². The highest BCUT2D eigenvalue weighted by atomic mass is 19.1. The summed E-state index contributed by atoms with van der Waals surface area (Å²) in [5.74, 6) is -1.42. The third-order valence-corrected chi connectivity index (χ3v) is 2.23. The van der Waals surface area contributed by atoms with Gasteiger partial charge in [0.15, 0.2) is 0 Å². The van der Waals surface area contributed by atoms with Crippen LogP contribution in [-0.4, -0.2) is 4.57 Å². The van der Waals surface area contributed by atoms with Gasteiger partial charge in [0.2, 0.25) is 0 Å². The third kappa shape index (κ3) is 1.86. The van der Waals surface area contributed by atoms with Crippen molar-refractivity contribution in [3.8, 4) is 5.69 Å². The van der Waals surface area contributed by atoms with Crippen molar-refractivity contribution in [1.29, 1.82) is 0 Å². The van der Waals surface area contributed by atoms with Crippen LogP contribution in [0.15, 0.2) is 41.3 Å². The lowest BCUT2D eigenvalue weighted by atomic mass is 10.2. The molecule has 0 N–H and O–H groups in total. The van der Waals surface area contributed by atoms with E-state index in [4.69, 9.17) is 0 Å². The number of aryl methyl sites for hydroxylation is 1. The lowest BCUT2D eigenvalue weighted by Crippen LogP contribution is -2.17. The second-order valence-electron chi connectivity index (χ2n) is 3.51. The van der Waals surface area contributed by atoms with Gasteiger partial charge in [0, 0.05) is 18.3 Å². The Morgan fingerprint density at radius 3 is 2.56 bits per heavy atom. The van der Waals surface area contributed by atoms with Crippen molar-refractivity contribution in [3.63, 3.8) is 0 Å². The Labute approximate surface area is 90.8 Å². The number of hydrogen-bond donors (Lipinski definition) is 0. The highest BCUT2D eigenvalue weighted by Gasteiger charge is 2.07. The van der Waals surface area contributed by atoms with Crippen LogP contribution in [0.25, 0.3) is 5.69 Å². The van der Waals surface area contributed by atoms with Gasteiger partial charge in [-0.15, -0.1) is 0 Å². The smallest absolute Gasteiger partial charge is 0.255 e. The van der Waals surface area contributed by atoms with Gasteiger partial charge in [-0.3, -0.25) is 9.36 Å². The molecule has 0 radical (unpaired) electrons. The van der Waals surface area contributed by atoms with Gasteiger partial charge in [0.25, 0.3) is 5.56 Å². The molecule has 0 aliphatic rings. The zero-order valence-electron chi connectivity index (χ0n) is 8.58. The number of benzene rings is 1. The minimum absolute atomic E-state index is 0.0510. The van der Waals surface area contributed by atoms with Gasteiger partial charge in [-0.2, -0.15) is 0 Å². The van der Waals surface area contributed by atoms with Crippen LogP contribution in [-0.2, 0) is 0 Å². The molecule has 2 aromatic rings. The summed E-state index contributed by atoms with van der Waals surface area (Å²) in [6, 6.07) is 6.10. The maximum atomic E-state index is 13.4. The molecule has 0 fully saturated rings. The number of pyridine rings is 1. The topological polar surface area (TPSA) is 22.0 Å². The van der Waals surface area contributed by atoms with E-state index in [-0.39, 0.29) is 11.2 Å². The van der Waals surface area contributed by atoms with Crippen LogP contribution >= 0.6 is 0 Å². The fourth-order valence-corrected chi connectivity index (χ4v) is 1.46. The van der Waals surface area contributed by atoms with Crippen LogP contribution in [0.4, 0.5) is 8.78 Å². The first-order valence-corrected chi connectivity index (χ1v) is 4.72. The van der Waals surface area contributed by atoms with Crippen LogP contribution in [0.5, 0.6) is 0 Å². The van der Waals surface area contributed by atoms with Crippen molar-refractivity contribution in [1.82, 2.24) is 4.57 Å². The Morgan fingerprint density at radius 2 is 1.88 bits per heavy atom. The molecule has 2 nitrogen and oxygen atoms in total. The molecule has 1 aromatic heterocycles. The molecule has 2 rings (SSSR count). The average Bonchev–Trinajstić information content (AvgIpc) is 2.22. The van der Waals surface area contributed by atoms with E-state index in [1.807, 2.05) is 0 Å². The Morgan fingerprint density at radius 1 is 1.12 bits per heavy atom. The largest absolute Gasteiger partial charge is 0.281 e. The molecule has 0 spiro atoms. The van der Waals surface area contributed by atoms with Crippen LogP contribution in [0, 0.1) is 18.6 Å². The van der Waals surface area contributed by atoms with E-state index in [0.717, 1.165) is 22.3 Å². The van der Waals surface area contributed by atoms with E-state index < -0.39 is 11.6 Å². The lowest BCUT2D eigenvalue weighted by molar-refractivity contribution is 0.576. The van der Waals surface area contributed by atoms with Crippen molar-refractivity contribution >= 4 is 0 Å². The summed E-state index contributed by atoms with van der Waals surface area (Å²) in [5.41, 5.74) is 0.523. The highest BCUT2D eigenvalue weighted by Crippen LogP contribution is 2.13. The molecule has 0 atom stereocenters. The van der Waals surface area contributed by atoms with E-state index in [0.29, 0.717) is 0 Å². The molecular formula is C12H9F2NO. The molecule has 0 saturated heterocycles. The molecule has 16 heavy (non-hydrogen) atoms. The number of aromatic nitrogens is 1. The summed E-state index contributed by atoms with van der Waals surface area (Å²) in [6.07, 6.45) is 1.51. The molecule has 0 saturated carbocycles. The standard InChI is InChI=1S/C12H9F2NO/c1-8-2-5-12(16)15(7-8)11-4-3-9(13)6-10(11)14/h2-7H,1H3. The fraction of sp³-hybridized carbons (Fsp3) is 0.0833. The van der Waals surface area contributed by atoms with E-state index >= 15 is 0 Å². The van der Waals surface area contributed by atoms with Crippen LogP contribution < -0.4 is 5.56 Å². The summed E-state index contributed by atoms with van der Waals surface area (Å²) in [6.45, 7) is 1.79. The molecule has 1 heterocycles. The van der Waals surface area contributed by atoms with Gasteiger partial charge in [0.05, 0.1) is 5.69 Å². The molecule has 1 aromatic carbocycles. The van der Waals surface area contributed by atoms with E-state index in [2.05, 4.69) is 0 Å². The predicted octanol–water partition coefficient (Wildman–Crippen LogP) is 2.42. The van der Waals surface area contributed by atoms with Crippen LogP contribution in [0.3, 0.4) is 0 Å². The second kappa shape index (κ2) is 3.89. The average molecular weight is 221 g/mol. The van der Waals surface area contributed by atoms with Crippen molar-refractivity contribution < 1.29 is 8.78 Å². The maximum absolute atomic E-state index is 13.4. The quantitative estimate of drug-likeness (QED) is 0.724. The van der Waals surface area contributed by atoms with Crippen molar-refractivity contribution in [2.75, 3.05) is 0 Å². The van der Waals surface area contributed by atoms with Gasteiger partial charge in [-0.1, -0.05) is 6.07 Å². The minimum atomic E-state index is -0.757. The summed E-state index contributed by atoms with van der Waals surface area (Å²) < 4.78 is 27.3. The summed E-state index contributed by atoms with van der Waals surface area (Å²) in [5, 5.41) is 0. The Bertz CT molecular complexity index is 590. The summed E-state index contributed by atoms with van der Waals surface area (Å²) >= 11 is 0. The normalized spacial score (nSPS) is 10.4. The lowest BCUT2D eigenvalue weighted by Gasteiger charge is -2.07. The SMILES string of the molecule is Cc1ccc(=O)n(-c2ccc(F)cc2F)c1. The van der Waals surface area contributed by atoms with E-state index in [1.165, 1.54) is 18.3 Å². The van der Waals surface area contributed by atoms with Crippen LogP contribution in [0.2, 0.25) is 0 Å². The van der Waals surface area contributed by atoms with Gasteiger partial charge < -0.3 is 0 Å². The maximum Gasteiger partial charge on any atom is 0.255 e. The molecular weight excluding hydrogens is 212 g/mol. The number of halogens is 2. The van der Waals surface area contributed by atoms with Gasteiger partial charge in [-0.25, -0.2) is 8.78 Å². The second-order valence-corrected chi connectivity index (χ2v) is 3.51. The first-order valence-electron chi connectivity index (χ1n) is 4.72. The Hall–Kier alpha value is -1.97.